The van der Waals surface area contributed by atoms with Crippen molar-refractivity contribution >= 4 is 15.9 Å². The minimum absolute atomic E-state index is 0.751. The molecule has 0 N–H and O–H groups in total. The van der Waals surface area contributed by atoms with Crippen molar-refractivity contribution in [2.75, 3.05) is 11.9 Å². The van der Waals surface area contributed by atoms with Crippen LogP contribution in [0.15, 0.2) is 30.3 Å². The first kappa shape index (κ1) is 14.1. The fraction of sp³-hybridized carbons (Fsp3) is 0.625. The standard InChI is InChI=1S/C16H23BrO/c17-12-16(15-8-4-5-9-15)10-11-18-13-14-6-2-1-3-7-14/h1-3,6-7,15-16H,4-5,8-13H2. The summed E-state index contributed by atoms with van der Waals surface area (Å²) >= 11 is 3.67. The maximum atomic E-state index is 5.79. The van der Waals surface area contributed by atoms with Crippen molar-refractivity contribution in [3.8, 4) is 0 Å². The number of ether oxygens (including phenoxy) is 1. The minimum Gasteiger partial charge on any atom is -0.377 e. The van der Waals surface area contributed by atoms with Crippen molar-refractivity contribution < 1.29 is 4.74 Å². The van der Waals surface area contributed by atoms with Gasteiger partial charge in [-0.3, -0.25) is 0 Å². The van der Waals surface area contributed by atoms with Crippen LogP contribution in [0.25, 0.3) is 0 Å². The Kier molecular flexibility index (Phi) is 6.22. The molecule has 2 rings (SSSR count). The third-order valence-corrected chi connectivity index (χ3v) is 4.84. The van der Waals surface area contributed by atoms with E-state index in [-0.39, 0.29) is 0 Å². The Morgan fingerprint density at radius 2 is 1.89 bits per heavy atom. The summed E-state index contributed by atoms with van der Waals surface area (Å²) in [5, 5.41) is 1.13. The monoisotopic (exact) mass is 310 g/mol. The van der Waals surface area contributed by atoms with E-state index < -0.39 is 0 Å². The first-order chi connectivity index (χ1) is 8.90. The lowest BCUT2D eigenvalue weighted by Gasteiger charge is -2.20. The van der Waals surface area contributed by atoms with Crippen LogP contribution in [-0.2, 0) is 11.3 Å². The molecule has 18 heavy (non-hydrogen) atoms. The highest BCUT2D eigenvalue weighted by Crippen LogP contribution is 2.34. The van der Waals surface area contributed by atoms with E-state index in [1.165, 1.54) is 37.7 Å². The molecule has 0 aromatic heterocycles. The summed E-state index contributed by atoms with van der Waals surface area (Å²) in [5.74, 6) is 1.74. The summed E-state index contributed by atoms with van der Waals surface area (Å²) in [6.07, 6.45) is 6.91. The van der Waals surface area contributed by atoms with Crippen molar-refractivity contribution in [1.29, 1.82) is 0 Å². The smallest absolute Gasteiger partial charge is 0.0716 e. The second-order valence-corrected chi connectivity index (χ2v) is 5.93. The molecule has 0 radical (unpaired) electrons. The molecule has 100 valence electrons. The molecular formula is C16H23BrO. The molecule has 1 atom stereocenters. The van der Waals surface area contributed by atoms with Gasteiger partial charge in [-0.1, -0.05) is 71.9 Å². The summed E-state index contributed by atoms with van der Waals surface area (Å²) in [6, 6.07) is 10.4. The molecule has 0 saturated heterocycles. The molecular weight excluding hydrogens is 288 g/mol. The van der Waals surface area contributed by atoms with Gasteiger partial charge < -0.3 is 4.74 Å². The van der Waals surface area contributed by atoms with E-state index in [1.807, 2.05) is 6.07 Å². The highest BCUT2D eigenvalue weighted by molar-refractivity contribution is 9.09. The van der Waals surface area contributed by atoms with Crippen LogP contribution in [0.3, 0.4) is 0 Å². The Balaban J connectivity index is 1.64. The average Bonchev–Trinajstić information content (AvgIpc) is 2.94. The molecule has 1 nitrogen and oxygen atoms in total. The molecule has 0 spiro atoms. The highest BCUT2D eigenvalue weighted by atomic mass is 79.9. The SMILES string of the molecule is BrCC(CCOCc1ccccc1)C1CCCC1. The number of alkyl halides is 1. The maximum Gasteiger partial charge on any atom is 0.0716 e. The van der Waals surface area contributed by atoms with E-state index >= 15 is 0 Å². The molecule has 2 heteroatoms. The highest BCUT2D eigenvalue weighted by Gasteiger charge is 2.23. The fourth-order valence-corrected chi connectivity index (χ4v) is 3.72. The van der Waals surface area contributed by atoms with Crippen molar-refractivity contribution in [3.05, 3.63) is 35.9 Å². The Morgan fingerprint density at radius 3 is 2.56 bits per heavy atom. The zero-order valence-electron chi connectivity index (χ0n) is 11.0. The third kappa shape index (κ3) is 4.40. The number of halogens is 1. The van der Waals surface area contributed by atoms with Gasteiger partial charge in [0.25, 0.3) is 0 Å². The van der Waals surface area contributed by atoms with Crippen LogP contribution >= 0.6 is 15.9 Å². The van der Waals surface area contributed by atoms with E-state index in [0.29, 0.717) is 0 Å². The molecule has 0 bridgehead atoms. The lowest BCUT2D eigenvalue weighted by molar-refractivity contribution is 0.102. The summed E-state index contributed by atoms with van der Waals surface area (Å²) in [5.41, 5.74) is 1.27. The molecule has 1 saturated carbocycles. The van der Waals surface area contributed by atoms with E-state index in [0.717, 1.165) is 30.4 Å². The predicted molar refractivity (Wildman–Crippen MR) is 80.0 cm³/mol. The van der Waals surface area contributed by atoms with Gasteiger partial charge in [0.15, 0.2) is 0 Å². The van der Waals surface area contributed by atoms with Crippen molar-refractivity contribution in [2.45, 2.75) is 38.7 Å². The molecule has 0 heterocycles. The molecule has 1 aromatic carbocycles. The fourth-order valence-electron chi connectivity index (χ4n) is 2.87. The Labute approximate surface area is 119 Å². The number of rotatable bonds is 7. The van der Waals surface area contributed by atoms with Crippen LogP contribution in [0, 0.1) is 11.8 Å². The van der Waals surface area contributed by atoms with Crippen molar-refractivity contribution in [1.82, 2.24) is 0 Å². The van der Waals surface area contributed by atoms with Crippen LogP contribution in [0.4, 0.5) is 0 Å². The zero-order chi connectivity index (χ0) is 12.6. The molecule has 1 aromatic rings. The summed E-state index contributed by atoms with van der Waals surface area (Å²) < 4.78 is 5.79. The molecule has 1 fully saturated rings. The van der Waals surface area contributed by atoms with Gasteiger partial charge in [0.05, 0.1) is 6.61 Å². The lowest BCUT2D eigenvalue weighted by Crippen LogP contribution is -2.15. The van der Waals surface area contributed by atoms with Gasteiger partial charge in [0.2, 0.25) is 0 Å². The van der Waals surface area contributed by atoms with Crippen LogP contribution in [0.2, 0.25) is 0 Å². The van der Waals surface area contributed by atoms with Crippen molar-refractivity contribution in [3.63, 3.8) is 0 Å². The molecule has 1 unspecified atom stereocenters. The zero-order valence-corrected chi connectivity index (χ0v) is 12.6. The summed E-state index contributed by atoms with van der Waals surface area (Å²) in [6.45, 7) is 1.64. The van der Waals surface area contributed by atoms with E-state index in [4.69, 9.17) is 4.74 Å². The van der Waals surface area contributed by atoms with Crippen molar-refractivity contribution in [2.24, 2.45) is 11.8 Å². The van der Waals surface area contributed by atoms with Gasteiger partial charge in [-0.05, 0) is 23.8 Å². The first-order valence-corrected chi connectivity index (χ1v) is 8.20. The topological polar surface area (TPSA) is 9.23 Å². The van der Waals surface area contributed by atoms with Gasteiger partial charge in [-0.25, -0.2) is 0 Å². The van der Waals surface area contributed by atoms with E-state index in [2.05, 4.69) is 40.2 Å². The van der Waals surface area contributed by atoms with Gasteiger partial charge in [0.1, 0.15) is 0 Å². The van der Waals surface area contributed by atoms with E-state index in [1.54, 1.807) is 0 Å². The van der Waals surface area contributed by atoms with E-state index in [9.17, 15) is 0 Å². The molecule has 1 aliphatic carbocycles. The second kappa shape index (κ2) is 7.96. The normalized spacial score (nSPS) is 18.1. The lowest BCUT2D eigenvalue weighted by atomic mass is 9.90. The van der Waals surface area contributed by atoms with Crippen LogP contribution < -0.4 is 0 Å². The molecule has 0 aliphatic heterocycles. The number of benzene rings is 1. The van der Waals surface area contributed by atoms with Gasteiger partial charge in [-0.15, -0.1) is 0 Å². The van der Waals surface area contributed by atoms with Gasteiger partial charge in [-0.2, -0.15) is 0 Å². The number of hydrogen-bond donors (Lipinski definition) is 0. The largest absolute Gasteiger partial charge is 0.377 e. The number of hydrogen-bond acceptors (Lipinski definition) is 1. The predicted octanol–water partition coefficient (Wildman–Crippen LogP) is 4.79. The second-order valence-electron chi connectivity index (χ2n) is 5.29. The van der Waals surface area contributed by atoms with Gasteiger partial charge >= 0.3 is 0 Å². The Morgan fingerprint density at radius 1 is 1.17 bits per heavy atom. The maximum absolute atomic E-state index is 5.79. The first-order valence-electron chi connectivity index (χ1n) is 7.08. The van der Waals surface area contributed by atoms with Gasteiger partial charge in [0, 0.05) is 11.9 Å². The Hall–Kier alpha value is -0.340. The van der Waals surface area contributed by atoms with Crippen LogP contribution in [0.1, 0.15) is 37.7 Å². The quantitative estimate of drug-likeness (QED) is 0.519. The molecule has 0 amide bonds. The average molecular weight is 311 g/mol. The minimum atomic E-state index is 0.751. The summed E-state index contributed by atoms with van der Waals surface area (Å²) in [4.78, 5) is 0. The van der Waals surface area contributed by atoms with Crippen LogP contribution in [0.5, 0.6) is 0 Å². The summed E-state index contributed by atoms with van der Waals surface area (Å²) in [7, 11) is 0. The third-order valence-electron chi connectivity index (χ3n) is 4.01. The van der Waals surface area contributed by atoms with Crippen LogP contribution in [-0.4, -0.2) is 11.9 Å². The molecule has 1 aliphatic rings. The Bertz CT molecular complexity index is 319.